The van der Waals surface area contributed by atoms with Crippen molar-refractivity contribution in [1.29, 1.82) is 0 Å². The van der Waals surface area contributed by atoms with E-state index in [1.165, 1.54) is 18.2 Å². The highest BCUT2D eigenvalue weighted by molar-refractivity contribution is 7.91. The lowest BCUT2D eigenvalue weighted by Crippen LogP contribution is -2.11. The molecule has 1 rings (SSSR count). The second kappa shape index (κ2) is 4.83. The number of rotatable bonds is 4. The number of ether oxygens (including phenoxy) is 1. The molecule has 0 aliphatic carbocycles. The van der Waals surface area contributed by atoms with E-state index >= 15 is 0 Å². The monoisotopic (exact) mass is 249 g/mol. The normalized spacial score (nSPS) is 11.6. The SMILES string of the molecule is CCOCS(=O)(=O)c1ccc(Cl)cc1N. The van der Waals surface area contributed by atoms with Gasteiger partial charge in [-0.15, -0.1) is 0 Å². The van der Waals surface area contributed by atoms with Gasteiger partial charge in [-0.2, -0.15) is 0 Å². The Balaban J connectivity index is 3.05. The smallest absolute Gasteiger partial charge is 0.204 e. The molecule has 6 heteroatoms. The second-order valence-electron chi connectivity index (χ2n) is 2.91. The maximum Gasteiger partial charge on any atom is 0.204 e. The fourth-order valence-electron chi connectivity index (χ4n) is 1.06. The molecule has 0 bridgehead atoms. The minimum atomic E-state index is -3.48. The topological polar surface area (TPSA) is 69.4 Å². The summed E-state index contributed by atoms with van der Waals surface area (Å²) in [6.45, 7) is 2.06. The van der Waals surface area contributed by atoms with Crippen LogP contribution in [0.3, 0.4) is 0 Å². The molecule has 0 atom stereocenters. The summed E-state index contributed by atoms with van der Waals surface area (Å²) in [5.41, 5.74) is 5.70. The zero-order valence-corrected chi connectivity index (χ0v) is 9.81. The lowest BCUT2D eigenvalue weighted by molar-refractivity contribution is 0.192. The minimum absolute atomic E-state index is 0.0559. The molecule has 0 saturated heterocycles. The minimum Gasteiger partial charge on any atom is -0.398 e. The van der Waals surface area contributed by atoms with Crippen molar-refractivity contribution in [3.8, 4) is 0 Å². The number of hydrogen-bond donors (Lipinski definition) is 1. The van der Waals surface area contributed by atoms with E-state index in [2.05, 4.69) is 0 Å². The van der Waals surface area contributed by atoms with E-state index in [9.17, 15) is 8.42 Å². The molecule has 2 N–H and O–H groups in total. The summed E-state index contributed by atoms with van der Waals surface area (Å²) in [5.74, 6) is -0.366. The first-order chi connectivity index (χ1) is 6.97. The van der Waals surface area contributed by atoms with Gasteiger partial charge in [-0.3, -0.25) is 0 Å². The molecule has 0 unspecified atom stereocenters. The van der Waals surface area contributed by atoms with Gasteiger partial charge in [-0.1, -0.05) is 11.6 Å². The van der Waals surface area contributed by atoms with E-state index in [0.29, 0.717) is 11.6 Å². The van der Waals surface area contributed by atoms with E-state index in [1.54, 1.807) is 6.92 Å². The Morgan fingerprint density at radius 2 is 2.13 bits per heavy atom. The Morgan fingerprint density at radius 1 is 1.47 bits per heavy atom. The Hall–Kier alpha value is -0.780. The number of anilines is 1. The number of hydrogen-bond acceptors (Lipinski definition) is 4. The van der Waals surface area contributed by atoms with Crippen LogP contribution < -0.4 is 5.73 Å². The third-order valence-electron chi connectivity index (χ3n) is 1.75. The third-order valence-corrected chi connectivity index (χ3v) is 3.50. The molecule has 15 heavy (non-hydrogen) atoms. The van der Waals surface area contributed by atoms with Gasteiger partial charge in [0.15, 0.2) is 5.94 Å². The molecule has 1 aromatic rings. The van der Waals surface area contributed by atoms with Crippen molar-refractivity contribution in [3.63, 3.8) is 0 Å². The molecule has 0 aliphatic heterocycles. The van der Waals surface area contributed by atoms with Crippen LogP contribution in [0.15, 0.2) is 23.1 Å². The third kappa shape index (κ3) is 3.09. The molecule has 0 radical (unpaired) electrons. The maximum absolute atomic E-state index is 11.7. The highest BCUT2D eigenvalue weighted by Crippen LogP contribution is 2.23. The van der Waals surface area contributed by atoms with Crippen molar-refractivity contribution < 1.29 is 13.2 Å². The van der Waals surface area contributed by atoms with Gasteiger partial charge in [0.1, 0.15) is 0 Å². The Kier molecular flexibility index (Phi) is 3.96. The van der Waals surface area contributed by atoms with Crippen molar-refractivity contribution in [3.05, 3.63) is 23.2 Å². The van der Waals surface area contributed by atoms with E-state index in [1.807, 2.05) is 0 Å². The zero-order valence-electron chi connectivity index (χ0n) is 8.23. The Morgan fingerprint density at radius 3 is 2.67 bits per heavy atom. The van der Waals surface area contributed by atoms with Crippen molar-refractivity contribution in [2.24, 2.45) is 0 Å². The van der Waals surface area contributed by atoms with Gasteiger partial charge < -0.3 is 10.5 Å². The van der Waals surface area contributed by atoms with E-state index < -0.39 is 9.84 Å². The van der Waals surface area contributed by atoms with Crippen molar-refractivity contribution in [1.82, 2.24) is 0 Å². The van der Waals surface area contributed by atoms with Gasteiger partial charge >= 0.3 is 0 Å². The van der Waals surface area contributed by atoms with Crippen LogP contribution in [0.25, 0.3) is 0 Å². The molecule has 0 heterocycles. The lowest BCUT2D eigenvalue weighted by atomic mass is 10.3. The highest BCUT2D eigenvalue weighted by Gasteiger charge is 2.17. The predicted molar refractivity (Wildman–Crippen MR) is 59.5 cm³/mol. The largest absolute Gasteiger partial charge is 0.398 e. The molecule has 1 aromatic carbocycles. The second-order valence-corrected chi connectivity index (χ2v) is 5.25. The number of nitrogen functional groups attached to an aromatic ring is 1. The van der Waals surface area contributed by atoms with E-state index in [-0.39, 0.29) is 16.5 Å². The van der Waals surface area contributed by atoms with Gasteiger partial charge in [0, 0.05) is 11.6 Å². The first-order valence-corrected chi connectivity index (χ1v) is 6.36. The summed E-state index contributed by atoms with van der Waals surface area (Å²) < 4.78 is 28.2. The van der Waals surface area contributed by atoms with Gasteiger partial charge in [-0.05, 0) is 25.1 Å². The van der Waals surface area contributed by atoms with Crippen molar-refractivity contribution >= 4 is 27.1 Å². The summed E-state index contributed by atoms with van der Waals surface area (Å²) in [5, 5.41) is 0.405. The Bertz CT molecular complexity index is 445. The highest BCUT2D eigenvalue weighted by atomic mass is 35.5. The predicted octanol–water partition coefficient (Wildman–Crippen LogP) is 1.69. The molecule has 0 aliphatic rings. The maximum atomic E-state index is 11.7. The zero-order chi connectivity index (χ0) is 11.5. The number of benzene rings is 1. The van der Waals surface area contributed by atoms with Crippen LogP contribution in [-0.2, 0) is 14.6 Å². The molecular weight excluding hydrogens is 238 g/mol. The first kappa shape index (κ1) is 12.3. The number of halogens is 1. The van der Waals surface area contributed by atoms with Crippen LogP contribution in [0.4, 0.5) is 5.69 Å². The Labute approximate surface area is 93.9 Å². The average molecular weight is 250 g/mol. The standard InChI is InChI=1S/C9H12ClNO3S/c1-2-14-6-15(12,13)9-4-3-7(10)5-8(9)11/h3-5H,2,6,11H2,1H3. The summed E-state index contributed by atoms with van der Waals surface area (Å²) in [7, 11) is -3.48. The van der Waals surface area contributed by atoms with Gasteiger partial charge in [0.25, 0.3) is 0 Å². The lowest BCUT2D eigenvalue weighted by Gasteiger charge is -2.07. The summed E-state index contributed by atoms with van der Waals surface area (Å²) in [4.78, 5) is 0.0559. The van der Waals surface area contributed by atoms with Crippen molar-refractivity contribution in [2.75, 3.05) is 18.3 Å². The first-order valence-electron chi connectivity index (χ1n) is 4.33. The van der Waals surface area contributed by atoms with Crippen LogP contribution in [0.1, 0.15) is 6.92 Å². The molecule has 0 spiro atoms. The molecule has 0 amide bonds. The summed E-state index contributed by atoms with van der Waals surface area (Å²) >= 11 is 5.67. The van der Waals surface area contributed by atoms with E-state index in [4.69, 9.17) is 22.1 Å². The van der Waals surface area contributed by atoms with Gasteiger partial charge in [-0.25, -0.2) is 8.42 Å². The van der Waals surface area contributed by atoms with Gasteiger partial charge in [0.05, 0.1) is 10.6 Å². The fraction of sp³-hybridized carbons (Fsp3) is 0.333. The molecule has 84 valence electrons. The van der Waals surface area contributed by atoms with Crippen LogP contribution in [-0.4, -0.2) is 21.0 Å². The van der Waals surface area contributed by atoms with Crippen LogP contribution in [0.2, 0.25) is 5.02 Å². The molecule has 4 nitrogen and oxygen atoms in total. The van der Waals surface area contributed by atoms with Crippen LogP contribution >= 0.6 is 11.6 Å². The van der Waals surface area contributed by atoms with Crippen LogP contribution in [0.5, 0.6) is 0 Å². The van der Waals surface area contributed by atoms with Crippen LogP contribution in [0, 0.1) is 0 Å². The van der Waals surface area contributed by atoms with Crippen molar-refractivity contribution in [2.45, 2.75) is 11.8 Å². The summed E-state index contributed by atoms with van der Waals surface area (Å²) in [6, 6.07) is 4.27. The van der Waals surface area contributed by atoms with E-state index in [0.717, 1.165) is 0 Å². The molecular formula is C9H12ClNO3S. The number of nitrogens with two attached hydrogens (primary N) is 1. The number of sulfone groups is 1. The summed E-state index contributed by atoms with van der Waals surface area (Å²) in [6.07, 6.45) is 0. The molecule has 0 aromatic heterocycles. The molecule has 0 fully saturated rings. The average Bonchev–Trinajstić information content (AvgIpc) is 2.14. The molecule has 0 saturated carbocycles. The van der Waals surface area contributed by atoms with Gasteiger partial charge in [0.2, 0.25) is 9.84 Å². The fourth-order valence-corrected chi connectivity index (χ4v) is 2.45. The quantitative estimate of drug-likeness (QED) is 0.825.